The molecule has 3 heterocycles. The van der Waals surface area contributed by atoms with Crippen molar-refractivity contribution in [2.75, 3.05) is 0 Å². The highest BCUT2D eigenvalue weighted by Gasteiger charge is 2.24. The van der Waals surface area contributed by atoms with E-state index >= 15 is 0 Å². The van der Waals surface area contributed by atoms with Crippen LogP contribution >= 0.6 is 0 Å². The monoisotopic (exact) mass is 283 g/mol. The van der Waals surface area contributed by atoms with Crippen molar-refractivity contribution in [3.8, 4) is 11.4 Å². The molecule has 0 unspecified atom stereocenters. The Bertz CT molecular complexity index is 720. The van der Waals surface area contributed by atoms with Gasteiger partial charge in [0.15, 0.2) is 0 Å². The molecular weight excluding hydrogens is 270 g/mol. The lowest BCUT2D eigenvalue weighted by molar-refractivity contribution is -0.140. The van der Waals surface area contributed by atoms with Crippen LogP contribution in [0.15, 0.2) is 59.7 Å². The van der Waals surface area contributed by atoms with Gasteiger partial charge in [0, 0.05) is 36.8 Å². The number of nitrogens with zero attached hydrogens (tertiary/aromatic N) is 3. The molecule has 0 saturated heterocycles. The van der Waals surface area contributed by atoms with E-state index in [1.807, 2.05) is 6.07 Å². The molecule has 3 aromatic heterocycles. The van der Waals surface area contributed by atoms with Gasteiger partial charge in [0.1, 0.15) is 17.6 Å². The van der Waals surface area contributed by atoms with E-state index in [9.17, 15) is 9.90 Å². The Morgan fingerprint density at radius 3 is 2.90 bits per heavy atom. The van der Waals surface area contributed by atoms with E-state index in [2.05, 4.69) is 9.97 Å². The van der Waals surface area contributed by atoms with Crippen molar-refractivity contribution in [3.05, 3.63) is 61.1 Å². The van der Waals surface area contributed by atoms with E-state index in [1.54, 1.807) is 47.6 Å². The third-order valence-electron chi connectivity index (χ3n) is 3.18. The number of hydrogen-bond acceptors (Lipinski definition) is 4. The summed E-state index contributed by atoms with van der Waals surface area (Å²) in [5.74, 6) is 0.254. The summed E-state index contributed by atoms with van der Waals surface area (Å²) < 4.78 is 6.88. The summed E-state index contributed by atoms with van der Waals surface area (Å²) in [5.41, 5.74) is 0.771. The molecule has 0 aromatic carbocycles. The summed E-state index contributed by atoms with van der Waals surface area (Å²) in [6.07, 6.45) is 8.35. The summed E-state index contributed by atoms with van der Waals surface area (Å²) in [6, 6.07) is 6.35. The molecule has 0 aliphatic rings. The second kappa shape index (κ2) is 5.62. The van der Waals surface area contributed by atoms with E-state index in [4.69, 9.17) is 4.42 Å². The molecule has 21 heavy (non-hydrogen) atoms. The Morgan fingerprint density at radius 2 is 2.24 bits per heavy atom. The zero-order valence-corrected chi connectivity index (χ0v) is 11.1. The molecule has 0 amide bonds. The first-order valence-corrected chi connectivity index (χ1v) is 6.44. The molecule has 0 spiro atoms. The lowest BCUT2D eigenvalue weighted by Gasteiger charge is -2.15. The zero-order chi connectivity index (χ0) is 14.7. The number of rotatable bonds is 5. The van der Waals surface area contributed by atoms with Crippen LogP contribution in [0.1, 0.15) is 11.8 Å². The highest BCUT2D eigenvalue weighted by molar-refractivity contribution is 5.73. The molecule has 0 aliphatic heterocycles. The first-order valence-electron chi connectivity index (χ1n) is 6.44. The Morgan fingerprint density at radius 1 is 1.33 bits per heavy atom. The predicted octanol–water partition coefficient (Wildman–Crippen LogP) is 2.41. The highest BCUT2D eigenvalue weighted by Crippen LogP contribution is 2.23. The van der Waals surface area contributed by atoms with Gasteiger partial charge in [-0.3, -0.25) is 4.98 Å². The Labute approximate surface area is 120 Å². The van der Waals surface area contributed by atoms with E-state index in [0.29, 0.717) is 11.6 Å². The van der Waals surface area contributed by atoms with Gasteiger partial charge in [0.25, 0.3) is 0 Å². The van der Waals surface area contributed by atoms with Crippen molar-refractivity contribution in [1.29, 1.82) is 0 Å². The topological polar surface area (TPSA) is 81.1 Å². The fourth-order valence-corrected chi connectivity index (χ4v) is 2.21. The summed E-state index contributed by atoms with van der Waals surface area (Å²) in [7, 11) is 0. The average Bonchev–Trinajstić information content (AvgIpc) is 3.17. The molecule has 6 heteroatoms. The first-order chi connectivity index (χ1) is 10.3. The number of aromatic nitrogens is 3. The maximum absolute atomic E-state index is 11.6. The fraction of sp³-hybridized carbons (Fsp3) is 0.133. The molecule has 1 atom stereocenters. The average molecular weight is 283 g/mol. The molecule has 6 nitrogen and oxygen atoms in total. The van der Waals surface area contributed by atoms with Gasteiger partial charge in [-0.25, -0.2) is 9.78 Å². The van der Waals surface area contributed by atoms with Crippen molar-refractivity contribution >= 4 is 5.97 Å². The van der Waals surface area contributed by atoms with Crippen molar-refractivity contribution in [1.82, 2.24) is 14.5 Å². The van der Waals surface area contributed by atoms with Crippen LogP contribution in [-0.2, 0) is 11.2 Å². The second-order valence-electron chi connectivity index (χ2n) is 4.54. The number of pyridine rings is 1. The largest absolute Gasteiger partial charge is 0.480 e. The quantitative estimate of drug-likeness (QED) is 0.777. The molecule has 106 valence electrons. The SMILES string of the molecule is O=C(O)[C@H](Cc1ccco1)n1ccnc1-c1cccnc1. The maximum Gasteiger partial charge on any atom is 0.327 e. The lowest BCUT2D eigenvalue weighted by atomic mass is 10.1. The van der Waals surface area contributed by atoms with Crippen LogP contribution in [0.5, 0.6) is 0 Å². The van der Waals surface area contributed by atoms with Gasteiger partial charge >= 0.3 is 5.97 Å². The van der Waals surface area contributed by atoms with Crippen LogP contribution in [0, 0.1) is 0 Å². The third kappa shape index (κ3) is 2.69. The van der Waals surface area contributed by atoms with Crippen LogP contribution in [0.3, 0.4) is 0 Å². The molecular formula is C15H13N3O3. The Hall–Kier alpha value is -2.89. The van der Waals surface area contributed by atoms with Gasteiger partial charge in [-0.05, 0) is 24.3 Å². The number of aliphatic carboxylic acids is 1. The summed E-state index contributed by atoms with van der Waals surface area (Å²) in [4.78, 5) is 19.9. The number of carboxylic acid groups (broad SMARTS) is 1. The minimum atomic E-state index is -0.936. The van der Waals surface area contributed by atoms with Crippen molar-refractivity contribution < 1.29 is 14.3 Å². The van der Waals surface area contributed by atoms with Gasteiger partial charge in [-0.15, -0.1) is 0 Å². The van der Waals surface area contributed by atoms with Crippen LogP contribution < -0.4 is 0 Å². The number of hydrogen-bond donors (Lipinski definition) is 1. The number of carboxylic acids is 1. The molecule has 3 aromatic rings. The van der Waals surface area contributed by atoms with E-state index in [-0.39, 0.29) is 6.42 Å². The first kappa shape index (κ1) is 13.1. The molecule has 0 aliphatic carbocycles. The molecule has 3 rings (SSSR count). The normalized spacial score (nSPS) is 12.2. The van der Waals surface area contributed by atoms with Crippen LogP contribution in [0.2, 0.25) is 0 Å². The van der Waals surface area contributed by atoms with Crippen LogP contribution in [0.25, 0.3) is 11.4 Å². The molecule has 0 radical (unpaired) electrons. The van der Waals surface area contributed by atoms with Gasteiger partial charge in [0.2, 0.25) is 0 Å². The fourth-order valence-electron chi connectivity index (χ4n) is 2.21. The maximum atomic E-state index is 11.6. The van der Waals surface area contributed by atoms with Crippen molar-refractivity contribution in [2.45, 2.75) is 12.5 Å². The minimum absolute atomic E-state index is 0.256. The lowest BCUT2D eigenvalue weighted by Crippen LogP contribution is -2.21. The van der Waals surface area contributed by atoms with Gasteiger partial charge in [-0.1, -0.05) is 0 Å². The third-order valence-corrected chi connectivity index (χ3v) is 3.18. The van der Waals surface area contributed by atoms with Gasteiger partial charge in [-0.2, -0.15) is 0 Å². The van der Waals surface area contributed by atoms with E-state index in [1.165, 1.54) is 6.26 Å². The predicted molar refractivity (Wildman–Crippen MR) is 74.5 cm³/mol. The standard InChI is InChI=1S/C15H13N3O3/c19-15(20)13(9-12-4-2-8-21-12)18-7-6-17-14(18)11-3-1-5-16-10-11/h1-8,10,13H,9H2,(H,19,20)/t13-/m0/s1. The number of imidazole rings is 1. The molecule has 0 saturated carbocycles. The summed E-state index contributed by atoms with van der Waals surface area (Å²) >= 11 is 0. The van der Waals surface area contributed by atoms with Gasteiger partial charge in [0.05, 0.1) is 6.26 Å². The summed E-state index contributed by atoms with van der Waals surface area (Å²) in [6.45, 7) is 0. The smallest absolute Gasteiger partial charge is 0.327 e. The molecule has 0 bridgehead atoms. The Balaban J connectivity index is 1.98. The van der Waals surface area contributed by atoms with Crippen LogP contribution in [0.4, 0.5) is 0 Å². The number of furan rings is 1. The van der Waals surface area contributed by atoms with Crippen LogP contribution in [-0.4, -0.2) is 25.6 Å². The molecule has 0 fully saturated rings. The zero-order valence-electron chi connectivity index (χ0n) is 11.1. The van der Waals surface area contributed by atoms with E-state index in [0.717, 1.165) is 5.56 Å². The summed E-state index contributed by atoms with van der Waals surface area (Å²) in [5, 5.41) is 9.51. The van der Waals surface area contributed by atoms with Gasteiger partial charge < -0.3 is 14.1 Å². The highest BCUT2D eigenvalue weighted by atomic mass is 16.4. The Kier molecular flexibility index (Phi) is 3.51. The van der Waals surface area contributed by atoms with E-state index < -0.39 is 12.0 Å². The van der Waals surface area contributed by atoms with Crippen molar-refractivity contribution in [2.24, 2.45) is 0 Å². The molecule has 1 N–H and O–H groups in total. The van der Waals surface area contributed by atoms with Crippen molar-refractivity contribution in [3.63, 3.8) is 0 Å². The minimum Gasteiger partial charge on any atom is -0.480 e. The number of carbonyl (C=O) groups is 1. The second-order valence-corrected chi connectivity index (χ2v) is 4.54.